The van der Waals surface area contributed by atoms with Gasteiger partial charge in [-0.05, 0) is 49.1 Å². The Bertz CT molecular complexity index is 1070. The van der Waals surface area contributed by atoms with E-state index in [1.807, 2.05) is 19.2 Å². The number of H-pyrrole nitrogens is 1. The highest BCUT2D eigenvalue weighted by Crippen LogP contribution is 2.54. The van der Waals surface area contributed by atoms with E-state index in [-0.39, 0.29) is 11.5 Å². The van der Waals surface area contributed by atoms with Crippen LogP contribution in [0.4, 0.5) is 0 Å². The number of nitrogens with zero attached hydrogens (tertiary/aromatic N) is 1. The highest BCUT2D eigenvalue weighted by atomic mass is 16.5. The van der Waals surface area contributed by atoms with Crippen molar-refractivity contribution in [1.29, 1.82) is 0 Å². The van der Waals surface area contributed by atoms with Gasteiger partial charge in [0, 0.05) is 60.7 Å². The number of hydrogen-bond acceptors (Lipinski definition) is 3. The fourth-order valence-corrected chi connectivity index (χ4v) is 6.05. The van der Waals surface area contributed by atoms with Gasteiger partial charge in [-0.2, -0.15) is 0 Å². The normalized spacial score (nSPS) is 27.4. The molecular formula is C25H29N3O2. The molecule has 1 saturated heterocycles. The van der Waals surface area contributed by atoms with Gasteiger partial charge in [-0.1, -0.05) is 30.3 Å². The van der Waals surface area contributed by atoms with Gasteiger partial charge in [0.25, 0.3) is 0 Å². The molecule has 5 heteroatoms. The van der Waals surface area contributed by atoms with Gasteiger partial charge in [-0.15, -0.1) is 0 Å². The number of nitrogens with one attached hydrogen (secondary N) is 1. The first-order valence-corrected chi connectivity index (χ1v) is 10.8. The topological polar surface area (TPSA) is 71.3 Å². The second kappa shape index (κ2) is 7.25. The number of benzene rings is 2. The summed E-state index contributed by atoms with van der Waals surface area (Å²) in [6, 6.07) is 16.6. The van der Waals surface area contributed by atoms with Crippen molar-refractivity contribution in [3.05, 3.63) is 71.4 Å². The lowest BCUT2D eigenvalue weighted by molar-refractivity contribution is -0.124. The standard InChI is InChI=1S/C25H29N3O2/c1-16(22-13-27-23-9-4-3-8-21(22)23)28-14-19-10-11-20(15-28)25(19,30-2)18-7-5-6-17(12-18)24(26)29/h3-9,12-13,16,19-20,27H,10-11,14-15H2,1-2H3,(H2,26,29). The van der Waals surface area contributed by atoms with Crippen molar-refractivity contribution in [2.75, 3.05) is 20.2 Å². The summed E-state index contributed by atoms with van der Waals surface area (Å²) in [5.74, 6) is 0.384. The van der Waals surface area contributed by atoms with E-state index in [1.165, 1.54) is 16.5 Å². The number of likely N-dealkylation sites (tertiary alicyclic amines) is 1. The van der Waals surface area contributed by atoms with E-state index in [0.29, 0.717) is 23.4 Å². The number of methoxy groups -OCH3 is 1. The number of ether oxygens (including phenoxy) is 1. The van der Waals surface area contributed by atoms with Crippen LogP contribution in [-0.4, -0.2) is 36.0 Å². The lowest BCUT2D eigenvalue weighted by Gasteiger charge is -2.49. The van der Waals surface area contributed by atoms with Gasteiger partial charge < -0.3 is 15.5 Å². The molecule has 1 saturated carbocycles. The molecule has 0 spiro atoms. The number of para-hydroxylation sites is 1. The van der Waals surface area contributed by atoms with Gasteiger partial charge in [-0.25, -0.2) is 0 Å². The number of hydrogen-bond donors (Lipinski definition) is 2. The third-order valence-corrected chi connectivity index (χ3v) is 7.54. The summed E-state index contributed by atoms with van der Waals surface area (Å²) in [6.07, 6.45) is 4.43. The molecule has 5 nitrogen and oxygen atoms in total. The van der Waals surface area contributed by atoms with Crippen LogP contribution in [0.1, 0.15) is 47.3 Å². The van der Waals surface area contributed by atoms with Crippen LogP contribution in [0.5, 0.6) is 0 Å². The first kappa shape index (κ1) is 19.3. The number of fused-ring (bicyclic) bond motifs is 3. The zero-order chi connectivity index (χ0) is 20.9. The molecule has 30 heavy (non-hydrogen) atoms. The predicted octanol–water partition coefficient (Wildman–Crippen LogP) is 4.21. The van der Waals surface area contributed by atoms with Gasteiger partial charge in [-0.3, -0.25) is 9.69 Å². The van der Waals surface area contributed by atoms with Crippen LogP contribution in [0.15, 0.2) is 54.7 Å². The van der Waals surface area contributed by atoms with Crippen molar-refractivity contribution in [1.82, 2.24) is 9.88 Å². The maximum atomic E-state index is 11.8. The molecule has 1 amide bonds. The third-order valence-electron chi connectivity index (χ3n) is 7.54. The predicted molar refractivity (Wildman–Crippen MR) is 118 cm³/mol. The smallest absolute Gasteiger partial charge is 0.248 e. The fourth-order valence-electron chi connectivity index (χ4n) is 6.05. The molecule has 2 bridgehead atoms. The summed E-state index contributed by atoms with van der Waals surface area (Å²) in [4.78, 5) is 17.8. The largest absolute Gasteiger partial charge is 0.373 e. The van der Waals surface area contributed by atoms with Crippen molar-refractivity contribution in [2.24, 2.45) is 17.6 Å². The summed E-state index contributed by atoms with van der Waals surface area (Å²) < 4.78 is 6.29. The van der Waals surface area contributed by atoms with Crippen LogP contribution in [0.25, 0.3) is 10.9 Å². The van der Waals surface area contributed by atoms with Gasteiger partial charge in [0.05, 0.1) is 0 Å². The average molecular weight is 404 g/mol. The van der Waals surface area contributed by atoms with Crippen molar-refractivity contribution in [3.63, 3.8) is 0 Å². The molecule has 5 rings (SSSR count). The highest BCUT2D eigenvalue weighted by Gasteiger charge is 2.56. The number of piperidine rings is 1. The molecule has 2 fully saturated rings. The summed E-state index contributed by atoms with van der Waals surface area (Å²) >= 11 is 0. The molecule has 1 aliphatic heterocycles. The van der Waals surface area contributed by atoms with Crippen molar-refractivity contribution in [3.8, 4) is 0 Å². The molecule has 3 aromatic rings. The quantitative estimate of drug-likeness (QED) is 0.670. The van der Waals surface area contributed by atoms with Gasteiger partial charge in [0.15, 0.2) is 0 Å². The Morgan fingerprint density at radius 1 is 1.17 bits per heavy atom. The van der Waals surface area contributed by atoms with Crippen LogP contribution < -0.4 is 5.73 Å². The summed E-state index contributed by atoms with van der Waals surface area (Å²) in [7, 11) is 1.82. The summed E-state index contributed by atoms with van der Waals surface area (Å²) in [5.41, 5.74) is 9.39. The molecule has 2 aromatic carbocycles. The van der Waals surface area contributed by atoms with E-state index in [4.69, 9.17) is 10.5 Å². The van der Waals surface area contributed by atoms with E-state index >= 15 is 0 Å². The maximum absolute atomic E-state index is 11.8. The molecule has 2 aliphatic rings. The van der Waals surface area contributed by atoms with E-state index < -0.39 is 0 Å². The van der Waals surface area contributed by atoms with Gasteiger partial charge >= 0.3 is 0 Å². The highest BCUT2D eigenvalue weighted by molar-refractivity contribution is 5.93. The Morgan fingerprint density at radius 3 is 2.60 bits per heavy atom. The molecule has 1 aromatic heterocycles. The Labute approximate surface area is 177 Å². The molecular weight excluding hydrogens is 374 g/mol. The molecule has 3 unspecified atom stereocenters. The monoisotopic (exact) mass is 403 g/mol. The van der Waals surface area contributed by atoms with E-state index in [1.54, 1.807) is 6.07 Å². The second-order valence-corrected chi connectivity index (χ2v) is 8.83. The summed E-state index contributed by atoms with van der Waals surface area (Å²) in [5, 5.41) is 1.30. The van der Waals surface area contributed by atoms with E-state index in [2.05, 4.69) is 53.3 Å². The first-order valence-electron chi connectivity index (χ1n) is 10.8. The third kappa shape index (κ3) is 2.80. The number of aromatic nitrogens is 1. The lowest BCUT2D eigenvalue weighted by Crippen LogP contribution is -2.53. The van der Waals surface area contributed by atoms with Crippen LogP contribution in [-0.2, 0) is 10.3 Å². The number of aromatic amines is 1. The van der Waals surface area contributed by atoms with Crippen molar-refractivity contribution >= 4 is 16.8 Å². The van der Waals surface area contributed by atoms with Gasteiger partial charge in [0.1, 0.15) is 5.60 Å². The van der Waals surface area contributed by atoms with Crippen LogP contribution in [0, 0.1) is 11.8 Å². The van der Waals surface area contributed by atoms with E-state index in [0.717, 1.165) is 31.5 Å². The SMILES string of the molecule is COC1(c2cccc(C(N)=O)c2)C2CCC1CN(C(C)c1c[nH]c3ccccc13)C2. The molecule has 156 valence electrons. The Balaban J connectivity index is 1.46. The minimum absolute atomic E-state index is 0.330. The molecule has 1 aliphatic carbocycles. The molecule has 3 N–H and O–H groups in total. The first-order chi connectivity index (χ1) is 14.5. The maximum Gasteiger partial charge on any atom is 0.248 e. The minimum Gasteiger partial charge on any atom is -0.373 e. The van der Waals surface area contributed by atoms with Crippen LogP contribution in [0.2, 0.25) is 0 Å². The van der Waals surface area contributed by atoms with Crippen LogP contribution in [0.3, 0.4) is 0 Å². The Kier molecular flexibility index (Phi) is 4.68. The Morgan fingerprint density at radius 2 is 1.90 bits per heavy atom. The van der Waals surface area contributed by atoms with Gasteiger partial charge in [0.2, 0.25) is 5.91 Å². The Hall–Kier alpha value is -2.63. The zero-order valence-electron chi connectivity index (χ0n) is 17.6. The van der Waals surface area contributed by atoms with Crippen molar-refractivity contribution in [2.45, 2.75) is 31.4 Å². The molecule has 3 atom stereocenters. The molecule has 0 radical (unpaired) electrons. The van der Waals surface area contributed by atoms with Crippen molar-refractivity contribution < 1.29 is 9.53 Å². The summed E-state index contributed by atoms with van der Waals surface area (Å²) in [6.45, 7) is 4.26. The minimum atomic E-state index is -0.388. The number of primary amides is 1. The number of rotatable bonds is 5. The number of carbonyl (C=O) groups is 1. The number of nitrogens with two attached hydrogens (primary N) is 1. The molecule has 2 heterocycles. The lowest BCUT2D eigenvalue weighted by atomic mass is 9.74. The fraction of sp³-hybridized carbons (Fsp3) is 0.400. The van der Waals surface area contributed by atoms with E-state index in [9.17, 15) is 4.79 Å². The number of carbonyl (C=O) groups excluding carboxylic acids is 1. The average Bonchev–Trinajstić information content (AvgIpc) is 3.27. The van der Waals surface area contributed by atoms with Crippen LogP contribution >= 0.6 is 0 Å². The zero-order valence-corrected chi connectivity index (χ0v) is 17.6. The second-order valence-electron chi connectivity index (χ2n) is 8.83. The number of amides is 1.